The van der Waals surface area contributed by atoms with Gasteiger partial charge in [0.1, 0.15) is 15.7 Å². The van der Waals surface area contributed by atoms with Gasteiger partial charge in [-0.25, -0.2) is 26.6 Å². The summed E-state index contributed by atoms with van der Waals surface area (Å²) in [7, 11) is -4.01. The van der Waals surface area contributed by atoms with Crippen LogP contribution in [-0.4, -0.2) is 54.7 Å². The van der Waals surface area contributed by atoms with E-state index >= 15 is 0 Å². The highest BCUT2D eigenvalue weighted by molar-refractivity contribution is 7.89. The molecule has 0 bridgehead atoms. The number of sulfonamides is 1. The van der Waals surface area contributed by atoms with Crippen LogP contribution in [0.2, 0.25) is 0 Å². The fraction of sp³-hybridized carbons (Fsp3) is 0.200. The number of benzene rings is 2. The number of carbonyl (C=O) groups excluding carboxylic acids is 1. The maximum Gasteiger partial charge on any atom is 0.265 e. The van der Waals surface area contributed by atoms with Gasteiger partial charge >= 0.3 is 0 Å². The van der Waals surface area contributed by atoms with Gasteiger partial charge < -0.3 is 4.90 Å². The molecule has 3 aromatic rings. The average molecular weight is 467 g/mol. The maximum absolute atomic E-state index is 13.9. The molecule has 1 aliphatic heterocycles. The summed E-state index contributed by atoms with van der Waals surface area (Å²) in [6, 6.07) is 8.53. The molecule has 0 saturated carbocycles. The van der Waals surface area contributed by atoms with Gasteiger partial charge in [0.05, 0.1) is 11.1 Å². The molecule has 11 heteroatoms. The second-order valence-electron chi connectivity index (χ2n) is 6.78. The van der Waals surface area contributed by atoms with Crippen molar-refractivity contribution in [2.45, 2.75) is 4.90 Å². The van der Waals surface area contributed by atoms with E-state index in [2.05, 4.69) is 4.98 Å². The fourth-order valence-electron chi connectivity index (χ4n) is 3.21. The number of thiazole rings is 1. The van der Waals surface area contributed by atoms with Crippen molar-refractivity contribution in [2.24, 2.45) is 0 Å². The van der Waals surface area contributed by atoms with E-state index in [0.29, 0.717) is 21.5 Å². The Labute approximate surface area is 180 Å². The second kappa shape index (κ2) is 8.40. The largest absolute Gasteiger partial charge is 0.335 e. The van der Waals surface area contributed by atoms with Crippen molar-refractivity contribution in [3.63, 3.8) is 0 Å². The highest BCUT2D eigenvalue weighted by atomic mass is 32.2. The van der Waals surface area contributed by atoms with E-state index in [9.17, 15) is 26.4 Å². The van der Waals surface area contributed by atoms with E-state index < -0.39 is 27.5 Å². The van der Waals surface area contributed by atoms with Crippen molar-refractivity contribution < 1.29 is 26.4 Å². The lowest BCUT2D eigenvalue weighted by Gasteiger charge is -2.33. The first-order chi connectivity index (χ1) is 14.8. The van der Waals surface area contributed by atoms with Crippen LogP contribution in [-0.2, 0) is 10.0 Å². The number of halogens is 3. The predicted molar refractivity (Wildman–Crippen MR) is 109 cm³/mol. The van der Waals surface area contributed by atoms with E-state index in [-0.39, 0.29) is 37.0 Å². The molecule has 0 spiro atoms. The monoisotopic (exact) mass is 467 g/mol. The molecule has 1 aromatic heterocycles. The van der Waals surface area contributed by atoms with E-state index in [1.165, 1.54) is 17.2 Å². The van der Waals surface area contributed by atoms with Crippen molar-refractivity contribution in [2.75, 3.05) is 26.2 Å². The van der Waals surface area contributed by atoms with E-state index in [1.807, 2.05) is 0 Å². The molecule has 0 radical (unpaired) electrons. The SMILES string of the molecule is O=C(c1cnc(-c2ccccc2F)s1)N1CCN(S(=O)(=O)c2ccc(F)c(F)c2)CC1. The molecule has 0 aliphatic carbocycles. The minimum absolute atomic E-state index is 0.00600. The van der Waals surface area contributed by atoms with Crippen LogP contribution in [0.5, 0.6) is 0 Å². The smallest absolute Gasteiger partial charge is 0.265 e. The summed E-state index contributed by atoms with van der Waals surface area (Å²) >= 11 is 1.06. The van der Waals surface area contributed by atoms with Gasteiger partial charge in [-0.15, -0.1) is 11.3 Å². The van der Waals surface area contributed by atoms with Crippen molar-refractivity contribution in [1.82, 2.24) is 14.2 Å². The molecule has 1 saturated heterocycles. The Balaban J connectivity index is 1.45. The molecule has 162 valence electrons. The Hall–Kier alpha value is -2.76. The minimum atomic E-state index is -4.01. The zero-order chi connectivity index (χ0) is 22.2. The number of amides is 1. The van der Waals surface area contributed by atoms with Crippen molar-refractivity contribution in [3.8, 4) is 10.6 Å². The molecular weight excluding hydrogens is 451 g/mol. The molecular formula is C20H16F3N3O3S2. The third-order valence-corrected chi connectivity index (χ3v) is 7.79. The number of aromatic nitrogens is 1. The van der Waals surface area contributed by atoms with Gasteiger partial charge in [0.15, 0.2) is 11.6 Å². The van der Waals surface area contributed by atoms with Crippen molar-refractivity contribution in [1.29, 1.82) is 0 Å². The molecule has 6 nitrogen and oxygen atoms in total. The quantitative estimate of drug-likeness (QED) is 0.590. The van der Waals surface area contributed by atoms with Crippen molar-refractivity contribution >= 4 is 27.3 Å². The minimum Gasteiger partial charge on any atom is -0.335 e. The maximum atomic E-state index is 13.9. The number of piperazine rings is 1. The van der Waals surface area contributed by atoms with E-state index in [0.717, 1.165) is 27.8 Å². The van der Waals surface area contributed by atoms with Gasteiger partial charge in [-0.2, -0.15) is 4.31 Å². The lowest BCUT2D eigenvalue weighted by atomic mass is 10.2. The molecule has 0 N–H and O–H groups in total. The third kappa shape index (κ3) is 4.21. The second-order valence-corrected chi connectivity index (χ2v) is 9.75. The fourth-order valence-corrected chi connectivity index (χ4v) is 5.55. The summed E-state index contributed by atoms with van der Waals surface area (Å²) in [6.07, 6.45) is 1.37. The van der Waals surface area contributed by atoms with Gasteiger partial charge in [-0.3, -0.25) is 4.79 Å². The van der Waals surface area contributed by atoms with Crippen LogP contribution in [0.3, 0.4) is 0 Å². The van der Waals surface area contributed by atoms with Gasteiger partial charge in [0, 0.05) is 31.7 Å². The van der Waals surface area contributed by atoms with E-state index in [4.69, 9.17) is 0 Å². The number of hydrogen-bond acceptors (Lipinski definition) is 5. The highest BCUT2D eigenvalue weighted by Crippen LogP contribution is 2.28. The molecule has 0 unspecified atom stereocenters. The summed E-state index contributed by atoms with van der Waals surface area (Å²) < 4.78 is 67.0. The van der Waals surface area contributed by atoms with Gasteiger partial charge in [-0.1, -0.05) is 12.1 Å². The van der Waals surface area contributed by atoms with E-state index in [1.54, 1.807) is 18.2 Å². The van der Waals surface area contributed by atoms with Gasteiger partial charge in [0.25, 0.3) is 5.91 Å². The van der Waals surface area contributed by atoms with Crippen molar-refractivity contribution in [3.05, 3.63) is 71.0 Å². The molecule has 2 aromatic carbocycles. The van der Waals surface area contributed by atoms with Crippen LogP contribution in [0.1, 0.15) is 9.67 Å². The number of rotatable bonds is 4. The Bertz CT molecular complexity index is 1240. The molecule has 31 heavy (non-hydrogen) atoms. The normalized spacial score (nSPS) is 15.3. The van der Waals surface area contributed by atoms with Crippen LogP contribution in [0.4, 0.5) is 13.2 Å². The van der Waals surface area contributed by atoms with Crippen LogP contribution < -0.4 is 0 Å². The van der Waals surface area contributed by atoms with Gasteiger partial charge in [-0.05, 0) is 30.3 Å². The predicted octanol–water partition coefficient (Wildman–Crippen LogP) is 3.37. The number of carbonyl (C=O) groups is 1. The lowest BCUT2D eigenvalue weighted by Crippen LogP contribution is -2.50. The Morgan fingerprint density at radius 1 is 0.935 bits per heavy atom. The number of hydrogen-bond donors (Lipinski definition) is 0. The molecule has 1 amide bonds. The molecule has 1 aliphatic rings. The first kappa shape index (κ1) is 21.5. The van der Waals surface area contributed by atoms with Crippen LogP contribution in [0.15, 0.2) is 53.6 Å². The Morgan fingerprint density at radius 3 is 2.32 bits per heavy atom. The standard InChI is InChI=1S/C20H16F3N3O3S2/c21-15-4-2-1-3-14(15)19-24-12-18(30-19)20(27)25-7-9-26(10-8-25)31(28,29)13-5-6-16(22)17(23)11-13/h1-6,11-12H,7-10H2. The summed E-state index contributed by atoms with van der Waals surface area (Å²) in [5.74, 6) is -3.14. The molecule has 0 atom stereocenters. The van der Waals surface area contributed by atoms with Crippen LogP contribution in [0.25, 0.3) is 10.6 Å². The van der Waals surface area contributed by atoms with Crippen LogP contribution in [0, 0.1) is 17.5 Å². The molecule has 1 fully saturated rings. The molecule has 4 rings (SSSR count). The Kier molecular flexibility index (Phi) is 5.82. The summed E-state index contributed by atoms with van der Waals surface area (Å²) in [5, 5.41) is 0.376. The Morgan fingerprint density at radius 2 is 1.65 bits per heavy atom. The first-order valence-electron chi connectivity index (χ1n) is 9.22. The zero-order valence-corrected chi connectivity index (χ0v) is 17.6. The topological polar surface area (TPSA) is 70.6 Å². The summed E-state index contributed by atoms with van der Waals surface area (Å²) in [6.45, 7) is 0.251. The van der Waals surface area contributed by atoms with Crippen LogP contribution >= 0.6 is 11.3 Å². The lowest BCUT2D eigenvalue weighted by molar-refractivity contribution is 0.0702. The number of nitrogens with zero attached hydrogens (tertiary/aromatic N) is 3. The average Bonchev–Trinajstić information content (AvgIpc) is 3.25. The summed E-state index contributed by atoms with van der Waals surface area (Å²) in [5.41, 5.74) is 0.300. The summed E-state index contributed by atoms with van der Waals surface area (Å²) in [4.78, 5) is 18.4. The highest BCUT2D eigenvalue weighted by Gasteiger charge is 2.31. The molecule has 2 heterocycles. The zero-order valence-electron chi connectivity index (χ0n) is 16.0. The van der Waals surface area contributed by atoms with Gasteiger partial charge in [0.2, 0.25) is 10.0 Å². The first-order valence-corrected chi connectivity index (χ1v) is 11.5. The third-order valence-electron chi connectivity index (χ3n) is 4.88.